The topological polar surface area (TPSA) is 59.7 Å². The molecule has 4 aromatic rings. The second kappa shape index (κ2) is 16.2. The van der Waals surface area contributed by atoms with Crippen LogP contribution in [0.2, 0.25) is 0 Å². The van der Waals surface area contributed by atoms with Crippen LogP contribution in [0.15, 0.2) is 188 Å². The minimum absolute atomic E-state index is 0.417. The van der Waals surface area contributed by atoms with Crippen molar-refractivity contribution in [1.29, 1.82) is 10.8 Å². The van der Waals surface area contributed by atoms with Crippen molar-refractivity contribution >= 4 is 17.0 Å². The van der Waals surface area contributed by atoms with Crippen molar-refractivity contribution in [2.24, 2.45) is 0 Å². The van der Waals surface area contributed by atoms with Gasteiger partial charge in [0.25, 0.3) is 0 Å². The summed E-state index contributed by atoms with van der Waals surface area (Å²) in [6.45, 7) is 10.0. The van der Waals surface area contributed by atoms with Gasteiger partial charge >= 0.3 is 0 Å². The van der Waals surface area contributed by atoms with Crippen molar-refractivity contribution in [3.05, 3.63) is 199 Å². The number of nitrogens with one attached hydrogen (secondary N) is 3. The summed E-state index contributed by atoms with van der Waals surface area (Å²) in [6, 6.07) is 37.2. The molecule has 1 aliphatic heterocycles. The predicted molar refractivity (Wildman–Crippen MR) is 195 cm³/mol. The second-order valence-electron chi connectivity index (χ2n) is 9.86. The Labute approximate surface area is 267 Å². The summed E-state index contributed by atoms with van der Waals surface area (Å²) < 4.78 is 0. The first-order chi connectivity index (χ1) is 22.2. The van der Waals surface area contributed by atoms with Crippen LogP contribution in [0.4, 0.5) is 0 Å². The van der Waals surface area contributed by atoms with E-state index in [-0.39, 0.29) is 0 Å². The van der Waals surface area contributed by atoms with Crippen LogP contribution in [0.1, 0.15) is 25.0 Å². The molecule has 1 heterocycles. The SMILES string of the molecule is C=C.CC.N=C1C=CC=C/C1=C1/NC=CC=C1/C(=C\C(=N)c1ccc(-c2ccccc2)cc1)c1ccc(-c2ccccc2)cc1. The molecule has 0 saturated heterocycles. The Kier molecular flexibility index (Phi) is 11.5. The predicted octanol–water partition coefficient (Wildman–Crippen LogP) is 10.7. The molecule has 0 aromatic heterocycles. The van der Waals surface area contributed by atoms with Gasteiger partial charge in [-0.15, -0.1) is 13.2 Å². The number of rotatable bonds is 6. The average Bonchev–Trinajstić information content (AvgIpc) is 3.13. The number of hydrogen-bond donors (Lipinski definition) is 3. The van der Waals surface area contributed by atoms with Crippen LogP contribution in [0, 0.1) is 10.8 Å². The van der Waals surface area contributed by atoms with E-state index in [0.29, 0.717) is 11.4 Å². The highest BCUT2D eigenvalue weighted by Crippen LogP contribution is 2.34. The van der Waals surface area contributed by atoms with Crippen LogP contribution in [0.3, 0.4) is 0 Å². The normalized spacial score (nSPS) is 15.1. The Bertz CT molecular complexity index is 1800. The van der Waals surface area contributed by atoms with Crippen molar-refractivity contribution in [2.75, 3.05) is 0 Å². The Hall–Kier alpha value is -5.80. The lowest BCUT2D eigenvalue weighted by atomic mass is 9.87. The molecule has 0 unspecified atom stereocenters. The van der Waals surface area contributed by atoms with Gasteiger partial charge in [0.2, 0.25) is 0 Å². The zero-order chi connectivity index (χ0) is 32.0. The maximum Gasteiger partial charge on any atom is 0.0633 e. The van der Waals surface area contributed by atoms with Crippen molar-refractivity contribution in [1.82, 2.24) is 5.32 Å². The van der Waals surface area contributed by atoms with Gasteiger partial charge in [0.1, 0.15) is 0 Å². The number of allylic oxidation sites excluding steroid dienone is 9. The largest absolute Gasteiger partial charge is 0.361 e. The third-order valence-electron chi connectivity index (χ3n) is 7.24. The van der Waals surface area contributed by atoms with Gasteiger partial charge in [-0.3, -0.25) is 0 Å². The molecule has 1 aliphatic carbocycles. The van der Waals surface area contributed by atoms with Crippen molar-refractivity contribution in [3.8, 4) is 22.3 Å². The van der Waals surface area contributed by atoms with Gasteiger partial charge < -0.3 is 16.1 Å². The lowest BCUT2D eigenvalue weighted by molar-refractivity contribution is 1.06. The maximum absolute atomic E-state index is 9.10. The van der Waals surface area contributed by atoms with Crippen molar-refractivity contribution < 1.29 is 0 Å². The molecule has 0 saturated carbocycles. The number of dihydropyridines is 1. The third-order valence-corrected chi connectivity index (χ3v) is 7.24. The Morgan fingerprint density at radius 1 is 0.622 bits per heavy atom. The highest BCUT2D eigenvalue weighted by atomic mass is 14.9. The van der Waals surface area contributed by atoms with Gasteiger partial charge in [-0.25, -0.2) is 0 Å². The van der Waals surface area contributed by atoms with Crippen LogP contribution in [-0.4, -0.2) is 11.4 Å². The van der Waals surface area contributed by atoms with E-state index in [2.05, 4.69) is 85.2 Å². The summed E-state index contributed by atoms with van der Waals surface area (Å²) in [6.07, 6.45) is 15.4. The van der Waals surface area contributed by atoms with Crippen LogP contribution < -0.4 is 5.32 Å². The highest BCUT2D eigenvalue weighted by Gasteiger charge is 2.20. The smallest absolute Gasteiger partial charge is 0.0633 e. The van der Waals surface area contributed by atoms with Crippen LogP contribution in [0.25, 0.3) is 27.8 Å². The molecule has 3 nitrogen and oxygen atoms in total. The minimum atomic E-state index is 0.417. The third kappa shape index (κ3) is 7.78. The standard InChI is InChI=1S/C38H29N3.C2H6.C2H4/c39-36-16-8-7-14-34(36)38-33(15-9-25-41-38)35(31-21-17-29(18-22-31)27-10-3-1-4-11-27)26-37(40)32-23-19-30(20-24-32)28-12-5-2-6-13-28;2*1-2/h1-26,39-41H;1-2H3;1-2H2/b35-26-,38-34-,39-36?,40-37?;;. The van der Waals surface area contributed by atoms with E-state index in [0.717, 1.165) is 55.8 Å². The van der Waals surface area contributed by atoms with E-state index >= 15 is 0 Å². The van der Waals surface area contributed by atoms with Crippen molar-refractivity contribution in [2.45, 2.75) is 13.8 Å². The molecule has 2 aliphatic rings. The quantitative estimate of drug-likeness (QED) is 0.153. The van der Waals surface area contributed by atoms with Gasteiger partial charge in [0.05, 0.1) is 17.1 Å². The molecule has 3 N–H and O–H groups in total. The molecule has 6 rings (SSSR count). The number of benzene rings is 4. The Morgan fingerprint density at radius 2 is 1.11 bits per heavy atom. The molecular weight excluding hydrogens is 546 g/mol. The summed E-state index contributed by atoms with van der Waals surface area (Å²) >= 11 is 0. The van der Waals surface area contributed by atoms with E-state index in [9.17, 15) is 0 Å². The average molecular weight is 586 g/mol. The fourth-order valence-electron chi connectivity index (χ4n) is 5.08. The van der Waals surface area contributed by atoms with E-state index in [1.807, 2.05) is 99.0 Å². The van der Waals surface area contributed by atoms with Crippen LogP contribution in [-0.2, 0) is 0 Å². The van der Waals surface area contributed by atoms with Gasteiger partial charge in [-0.1, -0.05) is 147 Å². The second-order valence-corrected chi connectivity index (χ2v) is 9.86. The molecule has 0 bridgehead atoms. The minimum Gasteiger partial charge on any atom is -0.361 e. The van der Waals surface area contributed by atoms with E-state index in [1.54, 1.807) is 6.08 Å². The molecule has 0 radical (unpaired) electrons. The van der Waals surface area contributed by atoms with E-state index < -0.39 is 0 Å². The molecule has 0 fully saturated rings. The fraction of sp³-hybridized carbons (Fsp3) is 0.0476. The Morgan fingerprint density at radius 3 is 1.64 bits per heavy atom. The highest BCUT2D eigenvalue weighted by molar-refractivity contribution is 6.14. The molecule has 3 heteroatoms. The summed E-state index contributed by atoms with van der Waals surface area (Å²) in [5, 5.41) is 21.1. The lowest BCUT2D eigenvalue weighted by Crippen LogP contribution is -2.18. The van der Waals surface area contributed by atoms with Crippen molar-refractivity contribution in [3.63, 3.8) is 0 Å². The summed E-state index contributed by atoms with van der Waals surface area (Å²) in [7, 11) is 0. The van der Waals surface area contributed by atoms with E-state index in [4.69, 9.17) is 10.8 Å². The molecule has 222 valence electrons. The summed E-state index contributed by atoms with van der Waals surface area (Å²) in [5.74, 6) is 0. The fourth-order valence-corrected chi connectivity index (χ4v) is 5.08. The molecule has 0 atom stereocenters. The van der Waals surface area contributed by atoms with Crippen LogP contribution >= 0.6 is 0 Å². The molecular formula is C42H39N3. The lowest BCUT2D eigenvalue weighted by Gasteiger charge is -2.22. The van der Waals surface area contributed by atoms with Crippen LogP contribution in [0.5, 0.6) is 0 Å². The first kappa shape index (κ1) is 32.1. The van der Waals surface area contributed by atoms with Gasteiger partial charge in [-0.05, 0) is 57.2 Å². The monoisotopic (exact) mass is 585 g/mol. The number of hydrogen-bond acceptors (Lipinski definition) is 3. The summed E-state index contributed by atoms with van der Waals surface area (Å²) in [4.78, 5) is 0. The first-order valence-corrected chi connectivity index (χ1v) is 15.1. The molecule has 4 aromatic carbocycles. The van der Waals surface area contributed by atoms with E-state index in [1.165, 1.54) is 0 Å². The van der Waals surface area contributed by atoms with Gasteiger partial charge in [0.15, 0.2) is 0 Å². The molecule has 0 spiro atoms. The van der Waals surface area contributed by atoms with Gasteiger partial charge in [0, 0.05) is 17.3 Å². The zero-order valence-electron chi connectivity index (χ0n) is 25.9. The molecule has 0 amide bonds. The first-order valence-electron chi connectivity index (χ1n) is 15.1. The summed E-state index contributed by atoms with van der Waals surface area (Å²) in [5.41, 5.74) is 10.8. The maximum atomic E-state index is 9.10. The zero-order valence-corrected chi connectivity index (χ0v) is 25.9. The van der Waals surface area contributed by atoms with Gasteiger partial charge in [-0.2, -0.15) is 0 Å². The molecule has 45 heavy (non-hydrogen) atoms. The Balaban J connectivity index is 0.00000111.